The molecule has 0 radical (unpaired) electrons. The molecule has 0 atom stereocenters. The molecule has 2 N–H and O–H groups in total. The third kappa shape index (κ3) is 4.97. The molecule has 1 amide bonds. The molecule has 0 saturated carbocycles. The Morgan fingerprint density at radius 3 is 3.12 bits per heavy atom. The SMILES string of the molecule is CCCn1nccc1NC(=O)CNCCOC. The van der Waals surface area contributed by atoms with E-state index in [0.717, 1.165) is 18.8 Å². The van der Waals surface area contributed by atoms with Gasteiger partial charge in [0.2, 0.25) is 5.91 Å². The first-order valence-electron chi connectivity index (χ1n) is 5.79. The van der Waals surface area contributed by atoms with Gasteiger partial charge in [-0.2, -0.15) is 5.10 Å². The summed E-state index contributed by atoms with van der Waals surface area (Å²) in [5, 5.41) is 9.92. The van der Waals surface area contributed by atoms with Crippen molar-refractivity contribution in [3.05, 3.63) is 12.3 Å². The van der Waals surface area contributed by atoms with E-state index in [9.17, 15) is 4.79 Å². The molecule has 0 aliphatic rings. The van der Waals surface area contributed by atoms with Gasteiger partial charge in [0.1, 0.15) is 5.82 Å². The van der Waals surface area contributed by atoms with Gasteiger partial charge >= 0.3 is 0 Å². The Labute approximate surface area is 101 Å². The van der Waals surface area contributed by atoms with Crippen molar-refractivity contribution in [2.75, 3.05) is 32.1 Å². The molecule has 0 spiro atoms. The minimum absolute atomic E-state index is 0.0704. The average molecular weight is 240 g/mol. The molecule has 0 aromatic carbocycles. The standard InChI is InChI=1S/C11H20N4O2/c1-3-7-15-10(4-5-13-15)14-11(16)9-12-6-8-17-2/h4-5,12H,3,6-9H2,1-2H3,(H,14,16). The first kappa shape index (κ1) is 13.7. The highest BCUT2D eigenvalue weighted by molar-refractivity contribution is 5.91. The molecule has 1 aromatic rings. The van der Waals surface area contributed by atoms with Gasteiger partial charge < -0.3 is 15.4 Å². The van der Waals surface area contributed by atoms with Crippen molar-refractivity contribution >= 4 is 11.7 Å². The van der Waals surface area contributed by atoms with Gasteiger partial charge in [0, 0.05) is 26.3 Å². The maximum absolute atomic E-state index is 11.6. The van der Waals surface area contributed by atoms with E-state index in [4.69, 9.17) is 4.74 Å². The first-order chi connectivity index (χ1) is 8.27. The van der Waals surface area contributed by atoms with Gasteiger partial charge in [-0.05, 0) is 6.42 Å². The van der Waals surface area contributed by atoms with E-state index in [2.05, 4.69) is 22.7 Å². The highest BCUT2D eigenvalue weighted by Crippen LogP contribution is 2.06. The van der Waals surface area contributed by atoms with Crippen molar-refractivity contribution in [3.8, 4) is 0 Å². The number of nitrogens with zero attached hydrogens (tertiary/aromatic N) is 2. The van der Waals surface area contributed by atoms with Crippen LogP contribution in [0.15, 0.2) is 12.3 Å². The van der Waals surface area contributed by atoms with E-state index in [1.54, 1.807) is 24.1 Å². The topological polar surface area (TPSA) is 68.2 Å². The van der Waals surface area contributed by atoms with Crippen molar-refractivity contribution in [2.24, 2.45) is 0 Å². The number of carbonyl (C=O) groups is 1. The Morgan fingerprint density at radius 1 is 1.59 bits per heavy atom. The quantitative estimate of drug-likeness (QED) is 0.648. The van der Waals surface area contributed by atoms with Gasteiger partial charge in [0.25, 0.3) is 0 Å². The molecule has 1 heterocycles. The van der Waals surface area contributed by atoms with E-state index in [1.165, 1.54) is 0 Å². The molecule has 0 aliphatic heterocycles. The lowest BCUT2D eigenvalue weighted by Gasteiger charge is -2.08. The second kappa shape index (κ2) is 7.81. The molecular weight excluding hydrogens is 220 g/mol. The van der Waals surface area contributed by atoms with E-state index >= 15 is 0 Å². The van der Waals surface area contributed by atoms with Crippen molar-refractivity contribution < 1.29 is 9.53 Å². The lowest BCUT2D eigenvalue weighted by Crippen LogP contribution is -2.31. The van der Waals surface area contributed by atoms with Crippen LogP contribution < -0.4 is 10.6 Å². The van der Waals surface area contributed by atoms with E-state index in [0.29, 0.717) is 13.2 Å². The smallest absolute Gasteiger partial charge is 0.239 e. The van der Waals surface area contributed by atoms with Crippen LogP contribution in [0.5, 0.6) is 0 Å². The molecule has 1 rings (SSSR count). The summed E-state index contributed by atoms with van der Waals surface area (Å²) < 4.78 is 6.66. The molecule has 0 aliphatic carbocycles. The van der Waals surface area contributed by atoms with Crippen LogP contribution in [0.2, 0.25) is 0 Å². The number of aryl methyl sites for hydroxylation is 1. The number of methoxy groups -OCH3 is 1. The molecule has 96 valence electrons. The minimum Gasteiger partial charge on any atom is -0.383 e. The summed E-state index contributed by atoms with van der Waals surface area (Å²) in [6, 6.07) is 1.79. The summed E-state index contributed by atoms with van der Waals surface area (Å²) >= 11 is 0. The van der Waals surface area contributed by atoms with Crippen LogP contribution in [-0.2, 0) is 16.1 Å². The van der Waals surface area contributed by atoms with Crippen molar-refractivity contribution in [3.63, 3.8) is 0 Å². The Bertz CT molecular complexity index is 338. The molecule has 6 heteroatoms. The van der Waals surface area contributed by atoms with Crippen LogP contribution in [0.3, 0.4) is 0 Å². The van der Waals surface area contributed by atoms with E-state index < -0.39 is 0 Å². The average Bonchev–Trinajstić information content (AvgIpc) is 2.73. The van der Waals surface area contributed by atoms with Gasteiger partial charge in [-0.25, -0.2) is 4.68 Å². The number of hydrogen-bond acceptors (Lipinski definition) is 4. The Balaban J connectivity index is 2.31. The highest BCUT2D eigenvalue weighted by Gasteiger charge is 2.05. The van der Waals surface area contributed by atoms with Gasteiger partial charge in [0.05, 0.1) is 19.3 Å². The highest BCUT2D eigenvalue weighted by atomic mass is 16.5. The normalized spacial score (nSPS) is 10.5. The Morgan fingerprint density at radius 2 is 2.41 bits per heavy atom. The van der Waals surface area contributed by atoms with Crippen LogP contribution in [0.1, 0.15) is 13.3 Å². The maximum Gasteiger partial charge on any atom is 0.239 e. The lowest BCUT2D eigenvalue weighted by atomic mass is 10.4. The lowest BCUT2D eigenvalue weighted by molar-refractivity contribution is -0.115. The van der Waals surface area contributed by atoms with Gasteiger partial charge in [0.15, 0.2) is 0 Å². The second-order valence-corrected chi connectivity index (χ2v) is 3.66. The van der Waals surface area contributed by atoms with Gasteiger partial charge in [-0.3, -0.25) is 4.79 Å². The Hall–Kier alpha value is -1.40. The fourth-order valence-corrected chi connectivity index (χ4v) is 1.39. The summed E-state index contributed by atoms with van der Waals surface area (Å²) in [6.45, 7) is 4.42. The summed E-state index contributed by atoms with van der Waals surface area (Å²) in [4.78, 5) is 11.6. The second-order valence-electron chi connectivity index (χ2n) is 3.66. The molecular formula is C11H20N4O2. The monoisotopic (exact) mass is 240 g/mol. The molecule has 0 bridgehead atoms. The predicted molar refractivity (Wildman–Crippen MR) is 65.9 cm³/mol. The largest absolute Gasteiger partial charge is 0.383 e. The minimum atomic E-state index is -0.0704. The maximum atomic E-state index is 11.6. The van der Waals surface area contributed by atoms with Gasteiger partial charge in [-0.15, -0.1) is 0 Å². The first-order valence-corrected chi connectivity index (χ1v) is 5.79. The molecule has 0 saturated heterocycles. The summed E-state index contributed by atoms with van der Waals surface area (Å²) in [6.07, 6.45) is 2.67. The fourth-order valence-electron chi connectivity index (χ4n) is 1.39. The van der Waals surface area contributed by atoms with E-state index in [1.807, 2.05) is 0 Å². The van der Waals surface area contributed by atoms with Crippen molar-refractivity contribution in [2.45, 2.75) is 19.9 Å². The zero-order valence-corrected chi connectivity index (χ0v) is 10.4. The zero-order chi connectivity index (χ0) is 12.5. The predicted octanol–water partition coefficient (Wildman–Crippen LogP) is 0.468. The number of ether oxygens (including phenoxy) is 1. The van der Waals surface area contributed by atoms with Crippen LogP contribution in [0.25, 0.3) is 0 Å². The third-order valence-corrected chi connectivity index (χ3v) is 2.19. The van der Waals surface area contributed by atoms with Crippen LogP contribution in [-0.4, -0.2) is 42.5 Å². The van der Waals surface area contributed by atoms with Crippen LogP contribution in [0, 0.1) is 0 Å². The van der Waals surface area contributed by atoms with Crippen molar-refractivity contribution in [1.82, 2.24) is 15.1 Å². The van der Waals surface area contributed by atoms with E-state index in [-0.39, 0.29) is 12.5 Å². The summed E-state index contributed by atoms with van der Waals surface area (Å²) in [5.41, 5.74) is 0. The third-order valence-electron chi connectivity index (χ3n) is 2.19. The van der Waals surface area contributed by atoms with Crippen LogP contribution in [0.4, 0.5) is 5.82 Å². The summed E-state index contributed by atoms with van der Waals surface area (Å²) in [5.74, 6) is 0.671. The number of carbonyl (C=O) groups excluding carboxylic acids is 1. The fraction of sp³-hybridized carbons (Fsp3) is 0.636. The van der Waals surface area contributed by atoms with Crippen molar-refractivity contribution in [1.29, 1.82) is 0 Å². The molecule has 6 nitrogen and oxygen atoms in total. The zero-order valence-electron chi connectivity index (χ0n) is 10.4. The molecule has 0 unspecified atom stereocenters. The number of amides is 1. The number of anilines is 1. The number of nitrogens with one attached hydrogen (secondary N) is 2. The molecule has 17 heavy (non-hydrogen) atoms. The van der Waals surface area contributed by atoms with Gasteiger partial charge in [-0.1, -0.05) is 6.92 Å². The molecule has 1 aromatic heterocycles. The number of hydrogen-bond donors (Lipinski definition) is 2. The Kier molecular flexibility index (Phi) is 6.27. The van der Waals surface area contributed by atoms with Crippen LogP contribution >= 0.6 is 0 Å². The number of aromatic nitrogens is 2. The molecule has 0 fully saturated rings. The number of rotatable bonds is 8. The summed E-state index contributed by atoms with van der Waals surface area (Å²) in [7, 11) is 1.63.